The topological polar surface area (TPSA) is 47.0 Å². The Morgan fingerprint density at radius 3 is 3.13 bits per heavy atom. The van der Waals surface area contributed by atoms with Crippen molar-refractivity contribution in [2.75, 3.05) is 18.5 Å². The van der Waals surface area contributed by atoms with Crippen molar-refractivity contribution in [3.8, 4) is 0 Å². The highest BCUT2D eigenvalue weighted by Gasteiger charge is 2.21. The Balaban J connectivity index is 1.75. The summed E-state index contributed by atoms with van der Waals surface area (Å²) in [6.45, 7) is 4.59. The molecule has 84 valence electrons. The third-order valence-corrected chi connectivity index (χ3v) is 3.11. The highest BCUT2D eigenvalue weighted by molar-refractivity contribution is 7.10. The molecule has 1 aliphatic carbocycles. The van der Waals surface area contributed by atoms with Crippen LogP contribution in [0.2, 0.25) is 0 Å². The lowest BCUT2D eigenvalue weighted by Crippen LogP contribution is -2.03. The normalized spacial score (nSPS) is 15.5. The van der Waals surface area contributed by atoms with Crippen LogP contribution < -0.4 is 5.32 Å². The van der Waals surface area contributed by atoms with Gasteiger partial charge in [0.05, 0.1) is 6.61 Å². The van der Waals surface area contributed by atoms with Crippen molar-refractivity contribution in [1.29, 1.82) is 0 Å². The van der Waals surface area contributed by atoms with E-state index in [4.69, 9.17) is 4.74 Å². The van der Waals surface area contributed by atoms with Gasteiger partial charge in [0.15, 0.2) is 0 Å². The van der Waals surface area contributed by atoms with E-state index in [0.717, 1.165) is 36.2 Å². The first-order valence-electron chi connectivity index (χ1n) is 5.53. The Morgan fingerprint density at radius 2 is 2.40 bits per heavy atom. The van der Waals surface area contributed by atoms with Crippen molar-refractivity contribution in [2.45, 2.75) is 32.8 Å². The van der Waals surface area contributed by atoms with Crippen molar-refractivity contribution >= 4 is 16.5 Å². The van der Waals surface area contributed by atoms with Gasteiger partial charge in [0, 0.05) is 24.7 Å². The van der Waals surface area contributed by atoms with Crippen molar-refractivity contribution < 1.29 is 4.74 Å². The summed E-state index contributed by atoms with van der Waals surface area (Å²) in [4.78, 5) is 0. The molecule has 0 atom stereocenters. The van der Waals surface area contributed by atoms with E-state index in [1.165, 1.54) is 24.4 Å². The zero-order valence-electron chi connectivity index (χ0n) is 9.03. The second-order valence-electron chi connectivity index (χ2n) is 3.93. The summed E-state index contributed by atoms with van der Waals surface area (Å²) in [6.07, 6.45) is 3.77. The van der Waals surface area contributed by atoms with Crippen LogP contribution in [0, 0.1) is 5.92 Å². The van der Waals surface area contributed by atoms with E-state index < -0.39 is 0 Å². The van der Waals surface area contributed by atoms with E-state index >= 15 is 0 Å². The number of hydrogen-bond acceptors (Lipinski definition) is 5. The summed E-state index contributed by atoms with van der Waals surface area (Å²) >= 11 is 1.41. The van der Waals surface area contributed by atoms with Crippen molar-refractivity contribution in [1.82, 2.24) is 9.59 Å². The summed E-state index contributed by atoms with van der Waals surface area (Å²) in [5.41, 5.74) is 0.953. The quantitative estimate of drug-likeness (QED) is 0.776. The third kappa shape index (κ3) is 3.43. The molecule has 1 aliphatic rings. The Kier molecular flexibility index (Phi) is 3.91. The number of hydrogen-bond donors (Lipinski definition) is 1. The van der Waals surface area contributed by atoms with Crippen LogP contribution in [0.15, 0.2) is 0 Å². The summed E-state index contributed by atoms with van der Waals surface area (Å²) in [7, 11) is 0. The minimum atomic E-state index is 0.596. The van der Waals surface area contributed by atoms with E-state index in [2.05, 4.69) is 21.8 Å². The molecular formula is C10H17N3OS. The smallest absolute Gasteiger partial charge is 0.135 e. The Morgan fingerprint density at radius 1 is 1.53 bits per heavy atom. The molecule has 0 bridgehead atoms. The maximum atomic E-state index is 5.59. The van der Waals surface area contributed by atoms with Gasteiger partial charge in [0.25, 0.3) is 0 Å². The first-order chi connectivity index (χ1) is 7.40. The van der Waals surface area contributed by atoms with Gasteiger partial charge in [0.1, 0.15) is 10.7 Å². The summed E-state index contributed by atoms with van der Waals surface area (Å²) in [5.74, 6) is 0.809. The van der Waals surface area contributed by atoms with E-state index in [0.29, 0.717) is 6.61 Å². The number of nitrogens with one attached hydrogen (secondary N) is 1. The van der Waals surface area contributed by atoms with Crippen molar-refractivity contribution in [2.24, 2.45) is 5.92 Å². The highest BCUT2D eigenvalue weighted by atomic mass is 32.1. The molecule has 1 aromatic rings. The number of rotatable bonds is 7. The zero-order chi connectivity index (χ0) is 10.5. The Bertz CT molecular complexity index is 299. The van der Waals surface area contributed by atoms with Gasteiger partial charge in [-0.25, -0.2) is 0 Å². The van der Waals surface area contributed by atoms with E-state index in [1.807, 2.05) is 0 Å². The molecule has 5 heteroatoms. The van der Waals surface area contributed by atoms with Gasteiger partial charge < -0.3 is 10.1 Å². The molecule has 0 spiro atoms. The van der Waals surface area contributed by atoms with E-state index in [-0.39, 0.29) is 0 Å². The van der Waals surface area contributed by atoms with Crippen LogP contribution in [0.1, 0.15) is 31.9 Å². The number of ether oxygens (including phenoxy) is 1. The van der Waals surface area contributed by atoms with Gasteiger partial charge in [-0.3, -0.25) is 0 Å². The van der Waals surface area contributed by atoms with Crippen LogP contribution in [0.25, 0.3) is 0 Å². The molecule has 2 rings (SSSR count). The predicted octanol–water partition coefficient (Wildman–Crippen LogP) is 2.29. The first-order valence-corrected chi connectivity index (χ1v) is 6.30. The fraction of sp³-hybridized carbons (Fsp3) is 0.800. The fourth-order valence-electron chi connectivity index (χ4n) is 1.28. The summed E-state index contributed by atoms with van der Waals surface area (Å²) in [6, 6.07) is 0. The summed E-state index contributed by atoms with van der Waals surface area (Å²) in [5, 5.41) is 8.44. The lowest BCUT2D eigenvalue weighted by molar-refractivity contribution is 0.109. The second-order valence-corrected chi connectivity index (χ2v) is 4.69. The third-order valence-electron chi connectivity index (χ3n) is 2.38. The van der Waals surface area contributed by atoms with Gasteiger partial charge in [-0.2, -0.15) is 0 Å². The highest BCUT2D eigenvalue weighted by Crippen LogP contribution is 2.29. The number of anilines is 1. The van der Waals surface area contributed by atoms with Crippen LogP contribution in [0.5, 0.6) is 0 Å². The molecule has 1 fully saturated rings. The molecular weight excluding hydrogens is 210 g/mol. The van der Waals surface area contributed by atoms with Gasteiger partial charge in [0.2, 0.25) is 0 Å². The maximum absolute atomic E-state index is 5.59. The van der Waals surface area contributed by atoms with Crippen LogP contribution >= 0.6 is 11.5 Å². The van der Waals surface area contributed by atoms with Crippen LogP contribution in [-0.4, -0.2) is 22.7 Å². The number of nitrogens with zero attached hydrogens (tertiary/aromatic N) is 2. The zero-order valence-corrected chi connectivity index (χ0v) is 9.85. The molecule has 1 N–H and O–H groups in total. The molecule has 0 aliphatic heterocycles. The van der Waals surface area contributed by atoms with Gasteiger partial charge >= 0.3 is 0 Å². The molecule has 0 amide bonds. The predicted molar refractivity (Wildman–Crippen MR) is 61.1 cm³/mol. The van der Waals surface area contributed by atoms with Gasteiger partial charge in [-0.15, -0.1) is 5.10 Å². The molecule has 1 saturated carbocycles. The molecule has 0 saturated heterocycles. The molecule has 0 aromatic carbocycles. The standard InChI is InChI=1S/C10H17N3OS/c1-2-5-11-10-9(12-13-15-10)7-14-6-8-3-4-8/h8,11H,2-7H2,1H3. The number of aromatic nitrogens is 2. The van der Waals surface area contributed by atoms with Crippen molar-refractivity contribution in [3.05, 3.63) is 5.69 Å². The average molecular weight is 227 g/mol. The fourth-order valence-corrected chi connectivity index (χ4v) is 1.88. The SMILES string of the molecule is CCCNc1snnc1COCC1CC1. The molecule has 1 aromatic heterocycles. The second kappa shape index (κ2) is 5.42. The van der Waals surface area contributed by atoms with Crippen LogP contribution in [0.4, 0.5) is 5.00 Å². The average Bonchev–Trinajstić information content (AvgIpc) is 2.95. The van der Waals surface area contributed by atoms with Crippen LogP contribution in [0.3, 0.4) is 0 Å². The van der Waals surface area contributed by atoms with E-state index in [1.54, 1.807) is 0 Å². The Hall–Kier alpha value is -0.680. The minimum Gasteiger partial charge on any atom is -0.375 e. The summed E-state index contributed by atoms with van der Waals surface area (Å²) < 4.78 is 9.52. The monoisotopic (exact) mass is 227 g/mol. The molecule has 0 unspecified atom stereocenters. The van der Waals surface area contributed by atoms with Crippen molar-refractivity contribution in [3.63, 3.8) is 0 Å². The van der Waals surface area contributed by atoms with Gasteiger partial charge in [-0.1, -0.05) is 11.4 Å². The lowest BCUT2D eigenvalue weighted by Gasteiger charge is -2.04. The largest absolute Gasteiger partial charge is 0.375 e. The maximum Gasteiger partial charge on any atom is 0.135 e. The Labute approximate surface area is 94.2 Å². The molecule has 15 heavy (non-hydrogen) atoms. The van der Waals surface area contributed by atoms with Gasteiger partial charge in [-0.05, 0) is 25.2 Å². The molecule has 4 nitrogen and oxygen atoms in total. The molecule has 1 heterocycles. The minimum absolute atomic E-state index is 0.596. The molecule has 0 radical (unpaired) electrons. The first kappa shape index (κ1) is 10.8. The lowest BCUT2D eigenvalue weighted by atomic mass is 10.4. The van der Waals surface area contributed by atoms with E-state index in [9.17, 15) is 0 Å². The van der Waals surface area contributed by atoms with Crippen LogP contribution in [-0.2, 0) is 11.3 Å².